The number of ether oxygens (including phenoxy) is 2. The lowest BCUT2D eigenvalue weighted by Gasteiger charge is -2.09. The van der Waals surface area contributed by atoms with Crippen LogP contribution >= 0.6 is 0 Å². The Morgan fingerprint density at radius 2 is 1.82 bits per heavy atom. The van der Waals surface area contributed by atoms with Crippen molar-refractivity contribution in [3.8, 4) is 11.5 Å². The first-order valence-corrected chi connectivity index (χ1v) is 7.17. The molecule has 0 aliphatic heterocycles. The monoisotopic (exact) mass is 305 g/mol. The molecule has 118 valence electrons. The number of aromatic nitrogens is 3. The van der Waals surface area contributed by atoms with E-state index in [4.69, 9.17) is 14.6 Å². The molecule has 7 heteroatoms. The van der Waals surface area contributed by atoms with Gasteiger partial charge in [-0.2, -0.15) is 0 Å². The number of rotatable bonds is 8. The lowest BCUT2D eigenvalue weighted by Crippen LogP contribution is -2.11. The van der Waals surface area contributed by atoms with Crippen LogP contribution < -0.4 is 9.47 Å². The molecule has 0 saturated carbocycles. The minimum Gasteiger partial charge on any atom is -0.494 e. The normalized spacial score (nSPS) is 10.5. The summed E-state index contributed by atoms with van der Waals surface area (Å²) in [5, 5.41) is 16.7. The Morgan fingerprint density at radius 3 is 2.36 bits per heavy atom. The number of carbonyl (C=O) groups is 1. The third kappa shape index (κ3) is 3.75. The van der Waals surface area contributed by atoms with Gasteiger partial charge in [0.05, 0.1) is 6.61 Å². The molecule has 1 heterocycles. The second kappa shape index (κ2) is 7.44. The van der Waals surface area contributed by atoms with Crippen molar-refractivity contribution in [2.75, 3.05) is 6.61 Å². The van der Waals surface area contributed by atoms with Crippen molar-refractivity contribution in [2.45, 2.75) is 33.4 Å². The molecule has 0 saturated heterocycles. The lowest BCUT2D eigenvalue weighted by molar-refractivity contribution is 0.0687. The van der Waals surface area contributed by atoms with Crippen LogP contribution in [0.25, 0.3) is 0 Å². The molecule has 0 aliphatic rings. The Kier molecular flexibility index (Phi) is 5.35. The third-order valence-electron chi connectivity index (χ3n) is 2.99. The van der Waals surface area contributed by atoms with E-state index in [2.05, 4.69) is 10.3 Å². The molecule has 1 N–H and O–H groups in total. The molecule has 1 aromatic heterocycles. The van der Waals surface area contributed by atoms with Crippen LogP contribution in [0.2, 0.25) is 0 Å². The maximum absolute atomic E-state index is 11.2. The van der Waals surface area contributed by atoms with Crippen molar-refractivity contribution in [3.05, 3.63) is 35.7 Å². The van der Waals surface area contributed by atoms with Gasteiger partial charge in [0, 0.05) is 6.54 Å². The fourth-order valence-electron chi connectivity index (χ4n) is 1.98. The quantitative estimate of drug-likeness (QED) is 0.805. The fraction of sp³-hybridized carbons (Fsp3) is 0.400. The highest BCUT2D eigenvalue weighted by atomic mass is 16.5. The highest BCUT2D eigenvalue weighted by molar-refractivity contribution is 5.86. The molecule has 0 bridgehead atoms. The molecule has 0 amide bonds. The van der Waals surface area contributed by atoms with Gasteiger partial charge in [-0.1, -0.05) is 12.1 Å². The maximum atomic E-state index is 11.2. The average Bonchev–Trinajstić information content (AvgIpc) is 2.90. The summed E-state index contributed by atoms with van der Waals surface area (Å²) in [7, 11) is 0. The zero-order valence-corrected chi connectivity index (χ0v) is 12.7. The summed E-state index contributed by atoms with van der Waals surface area (Å²) in [6, 6.07) is 7.16. The maximum Gasteiger partial charge on any atom is 0.358 e. The molecule has 0 unspecified atom stereocenters. The molecule has 0 fully saturated rings. The molecule has 0 aliphatic carbocycles. The van der Waals surface area contributed by atoms with Gasteiger partial charge < -0.3 is 14.6 Å². The van der Waals surface area contributed by atoms with Gasteiger partial charge >= 0.3 is 5.97 Å². The zero-order chi connectivity index (χ0) is 15.9. The number of carboxylic acid groups (broad SMARTS) is 1. The Bertz CT molecular complexity index is 622. The van der Waals surface area contributed by atoms with Crippen molar-refractivity contribution in [2.24, 2.45) is 0 Å². The number of carboxylic acids is 1. The summed E-state index contributed by atoms with van der Waals surface area (Å²) in [5.74, 6) is 0.287. The molecule has 22 heavy (non-hydrogen) atoms. The zero-order valence-electron chi connectivity index (χ0n) is 12.7. The van der Waals surface area contributed by atoms with Crippen LogP contribution in [0, 0.1) is 0 Å². The number of benzene rings is 1. The van der Waals surface area contributed by atoms with Crippen molar-refractivity contribution < 1.29 is 19.4 Å². The van der Waals surface area contributed by atoms with Crippen LogP contribution in [0.1, 0.15) is 36.5 Å². The summed E-state index contributed by atoms with van der Waals surface area (Å²) in [6.07, 6.45) is 0.832. The van der Waals surface area contributed by atoms with Gasteiger partial charge in [-0.3, -0.25) is 0 Å². The van der Waals surface area contributed by atoms with E-state index in [-0.39, 0.29) is 12.3 Å². The molecule has 2 aromatic rings. The number of aryl methyl sites for hydroxylation is 1. The molecule has 0 radical (unpaired) electrons. The third-order valence-corrected chi connectivity index (χ3v) is 2.99. The van der Waals surface area contributed by atoms with Crippen LogP contribution in [0.15, 0.2) is 24.3 Å². The van der Waals surface area contributed by atoms with Crippen LogP contribution in [0.4, 0.5) is 0 Å². The van der Waals surface area contributed by atoms with Crippen molar-refractivity contribution in [1.82, 2.24) is 15.0 Å². The Hall–Kier alpha value is -2.57. The van der Waals surface area contributed by atoms with Gasteiger partial charge in [0.15, 0.2) is 5.69 Å². The molecule has 2 rings (SSSR count). The first-order valence-electron chi connectivity index (χ1n) is 7.17. The number of aromatic carboxylic acids is 1. The SMILES string of the molecule is CCCn1nnc(C(=O)O)c1COc1ccc(OCC)cc1. The smallest absolute Gasteiger partial charge is 0.358 e. The van der Waals surface area contributed by atoms with E-state index in [0.717, 1.165) is 12.2 Å². The predicted molar refractivity (Wildman–Crippen MR) is 79.2 cm³/mol. The minimum absolute atomic E-state index is 0.0700. The van der Waals surface area contributed by atoms with E-state index >= 15 is 0 Å². The molecule has 7 nitrogen and oxygen atoms in total. The van der Waals surface area contributed by atoms with Gasteiger partial charge in [-0.05, 0) is 37.6 Å². The molecule has 1 aromatic carbocycles. The number of hydrogen-bond acceptors (Lipinski definition) is 5. The van der Waals surface area contributed by atoms with Gasteiger partial charge in [0.1, 0.15) is 23.8 Å². The largest absolute Gasteiger partial charge is 0.494 e. The molecule has 0 spiro atoms. The second-order valence-corrected chi connectivity index (χ2v) is 4.61. The Morgan fingerprint density at radius 1 is 1.18 bits per heavy atom. The van der Waals surface area contributed by atoms with E-state index in [1.807, 2.05) is 13.8 Å². The highest BCUT2D eigenvalue weighted by Gasteiger charge is 2.19. The average molecular weight is 305 g/mol. The van der Waals surface area contributed by atoms with Crippen LogP contribution in [0.3, 0.4) is 0 Å². The topological polar surface area (TPSA) is 86.5 Å². The summed E-state index contributed by atoms with van der Waals surface area (Å²) in [4.78, 5) is 11.2. The van der Waals surface area contributed by atoms with Crippen LogP contribution in [-0.4, -0.2) is 32.7 Å². The summed E-state index contributed by atoms with van der Waals surface area (Å²) in [5.41, 5.74) is 0.391. The standard InChI is InChI=1S/C15H19N3O4/c1-3-9-18-13(14(15(19)20)16-17-18)10-22-12-7-5-11(6-8-12)21-4-2/h5-8H,3-4,9-10H2,1-2H3,(H,19,20). The molecule has 0 atom stereocenters. The van der Waals surface area contributed by atoms with Crippen LogP contribution in [0.5, 0.6) is 11.5 Å². The van der Waals surface area contributed by atoms with E-state index in [9.17, 15) is 4.79 Å². The summed E-state index contributed by atoms with van der Waals surface area (Å²) >= 11 is 0. The first kappa shape index (κ1) is 15.8. The van der Waals surface area contributed by atoms with Crippen molar-refractivity contribution >= 4 is 5.97 Å². The molecular formula is C15H19N3O4. The van der Waals surface area contributed by atoms with Gasteiger partial charge in [-0.25, -0.2) is 9.48 Å². The number of hydrogen-bond donors (Lipinski definition) is 1. The summed E-state index contributed by atoms with van der Waals surface area (Å²) in [6.45, 7) is 5.20. The minimum atomic E-state index is -1.10. The van der Waals surface area contributed by atoms with Gasteiger partial charge in [0.25, 0.3) is 0 Å². The lowest BCUT2D eigenvalue weighted by atomic mass is 10.3. The van der Waals surface area contributed by atoms with Crippen molar-refractivity contribution in [1.29, 1.82) is 0 Å². The fourth-order valence-corrected chi connectivity index (χ4v) is 1.98. The second-order valence-electron chi connectivity index (χ2n) is 4.61. The van der Waals surface area contributed by atoms with E-state index in [1.165, 1.54) is 0 Å². The van der Waals surface area contributed by atoms with E-state index in [1.54, 1.807) is 28.9 Å². The van der Waals surface area contributed by atoms with Crippen molar-refractivity contribution in [3.63, 3.8) is 0 Å². The Labute approximate surface area is 128 Å². The summed E-state index contributed by atoms with van der Waals surface area (Å²) < 4.78 is 12.6. The van der Waals surface area contributed by atoms with Gasteiger partial charge in [-0.15, -0.1) is 5.10 Å². The first-order chi connectivity index (χ1) is 10.7. The molecular weight excluding hydrogens is 286 g/mol. The Balaban J connectivity index is 2.09. The highest BCUT2D eigenvalue weighted by Crippen LogP contribution is 2.19. The van der Waals surface area contributed by atoms with Crippen LogP contribution in [-0.2, 0) is 13.2 Å². The predicted octanol–water partition coefficient (Wildman–Crippen LogP) is 2.36. The van der Waals surface area contributed by atoms with Gasteiger partial charge in [0.2, 0.25) is 0 Å². The van der Waals surface area contributed by atoms with E-state index in [0.29, 0.717) is 24.6 Å². The number of nitrogens with zero attached hydrogens (tertiary/aromatic N) is 3. The van der Waals surface area contributed by atoms with E-state index < -0.39 is 5.97 Å².